The number of hydrogen-bond acceptors (Lipinski definition) is 4. The standard InChI is InChI=1S/C15H21NO3/c1-12-9-16(10-13(2)19-12)7-8-18-15-6-4-3-5-14(15)11-17/h3-6,11-13H,7-10H2,1-2H3/t12-,13-/m1/s1. The number of benzene rings is 1. The van der Waals surface area contributed by atoms with Gasteiger partial charge in [-0.2, -0.15) is 0 Å². The maximum Gasteiger partial charge on any atom is 0.153 e. The number of aldehydes is 1. The fourth-order valence-electron chi connectivity index (χ4n) is 2.46. The summed E-state index contributed by atoms with van der Waals surface area (Å²) >= 11 is 0. The lowest BCUT2D eigenvalue weighted by Gasteiger charge is -2.35. The van der Waals surface area contributed by atoms with Crippen LogP contribution in [-0.2, 0) is 4.74 Å². The molecule has 0 aliphatic carbocycles. The molecule has 0 radical (unpaired) electrons. The van der Waals surface area contributed by atoms with Crippen molar-refractivity contribution < 1.29 is 14.3 Å². The zero-order valence-electron chi connectivity index (χ0n) is 11.5. The number of rotatable bonds is 5. The predicted molar refractivity (Wildman–Crippen MR) is 73.8 cm³/mol. The van der Waals surface area contributed by atoms with E-state index in [0.717, 1.165) is 25.9 Å². The number of nitrogens with zero attached hydrogens (tertiary/aromatic N) is 1. The second-order valence-electron chi connectivity index (χ2n) is 5.02. The Morgan fingerprint density at radius 2 is 2.00 bits per heavy atom. The lowest BCUT2D eigenvalue weighted by Crippen LogP contribution is -2.46. The summed E-state index contributed by atoms with van der Waals surface area (Å²) in [6, 6.07) is 7.30. The number of carbonyl (C=O) groups is 1. The van der Waals surface area contributed by atoms with Crippen LogP contribution >= 0.6 is 0 Å². The van der Waals surface area contributed by atoms with Crippen molar-refractivity contribution in [3.05, 3.63) is 29.8 Å². The van der Waals surface area contributed by atoms with Gasteiger partial charge in [-0.05, 0) is 26.0 Å². The van der Waals surface area contributed by atoms with E-state index in [1.807, 2.05) is 18.2 Å². The maximum absolute atomic E-state index is 10.9. The van der Waals surface area contributed by atoms with Gasteiger partial charge in [0.25, 0.3) is 0 Å². The van der Waals surface area contributed by atoms with Gasteiger partial charge in [0.05, 0.1) is 17.8 Å². The zero-order chi connectivity index (χ0) is 13.7. The Labute approximate surface area is 114 Å². The summed E-state index contributed by atoms with van der Waals surface area (Å²) in [5.74, 6) is 0.659. The monoisotopic (exact) mass is 263 g/mol. The fourth-order valence-corrected chi connectivity index (χ4v) is 2.46. The molecule has 0 unspecified atom stereocenters. The second kappa shape index (κ2) is 6.68. The van der Waals surface area contributed by atoms with Gasteiger partial charge in [-0.25, -0.2) is 0 Å². The molecule has 0 aromatic heterocycles. The number of para-hydroxylation sites is 1. The Bertz CT molecular complexity index is 412. The molecule has 4 heteroatoms. The second-order valence-corrected chi connectivity index (χ2v) is 5.02. The molecule has 1 fully saturated rings. The SMILES string of the molecule is C[C@@H]1CN(CCOc2ccccc2C=O)C[C@@H](C)O1. The van der Waals surface area contributed by atoms with Crippen molar-refractivity contribution in [1.82, 2.24) is 4.90 Å². The number of carbonyl (C=O) groups excluding carboxylic acids is 1. The van der Waals surface area contributed by atoms with Crippen LogP contribution in [-0.4, -0.2) is 49.6 Å². The third kappa shape index (κ3) is 4.04. The van der Waals surface area contributed by atoms with E-state index in [4.69, 9.17) is 9.47 Å². The minimum Gasteiger partial charge on any atom is -0.492 e. The minimum atomic E-state index is 0.269. The Balaban J connectivity index is 1.81. The summed E-state index contributed by atoms with van der Waals surface area (Å²) in [6.07, 6.45) is 1.37. The van der Waals surface area contributed by atoms with Gasteiger partial charge in [0.15, 0.2) is 6.29 Å². The van der Waals surface area contributed by atoms with Crippen LogP contribution in [0.4, 0.5) is 0 Å². The highest BCUT2D eigenvalue weighted by Crippen LogP contribution is 2.16. The predicted octanol–water partition coefficient (Wildman–Crippen LogP) is 1.99. The molecule has 0 bridgehead atoms. The molecule has 0 spiro atoms. The summed E-state index contributed by atoms with van der Waals surface area (Å²) in [5.41, 5.74) is 0.603. The van der Waals surface area contributed by atoms with Gasteiger partial charge in [-0.1, -0.05) is 12.1 Å². The molecular formula is C15H21NO3. The van der Waals surface area contributed by atoms with Gasteiger partial charge in [0, 0.05) is 19.6 Å². The molecule has 19 heavy (non-hydrogen) atoms. The molecule has 104 valence electrons. The highest BCUT2D eigenvalue weighted by Gasteiger charge is 2.21. The Kier molecular flexibility index (Phi) is 4.93. The van der Waals surface area contributed by atoms with Crippen LogP contribution in [0.2, 0.25) is 0 Å². The third-order valence-electron chi connectivity index (χ3n) is 3.21. The van der Waals surface area contributed by atoms with Crippen LogP contribution in [0, 0.1) is 0 Å². The van der Waals surface area contributed by atoms with Crippen molar-refractivity contribution >= 4 is 6.29 Å². The van der Waals surface area contributed by atoms with Crippen molar-refractivity contribution in [2.24, 2.45) is 0 Å². The van der Waals surface area contributed by atoms with E-state index in [2.05, 4.69) is 18.7 Å². The maximum atomic E-state index is 10.9. The van der Waals surface area contributed by atoms with E-state index in [1.54, 1.807) is 6.07 Å². The van der Waals surface area contributed by atoms with Gasteiger partial charge < -0.3 is 9.47 Å². The van der Waals surface area contributed by atoms with E-state index in [-0.39, 0.29) is 12.2 Å². The molecule has 1 heterocycles. The summed E-state index contributed by atoms with van der Waals surface area (Å²) < 4.78 is 11.4. The molecule has 0 amide bonds. The van der Waals surface area contributed by atoms with E-state index in [0.29, 0.717) is 17.9 Å². The Morgan fingerprint density at radius 3 is 2.68 bits per heavy atom. The molecule has 0 N–H and O–H groups in total. The van der Waals surface area contributed by atoms with Gasteiger partial charge in [-0.15, -0.1) is 0 Å². The summed E-state index contributed by atoms with van der Waals surface area (Å²) in [5, 5.41) is 0. The third-order valence-corrected chi connectivity index (χ3v) is 3.21. The van der Waals surface area contributed by atoms with E-state index in [1.165, 1.54) is 0 Å². The normalized spacial score (nSPS) is 24.1. The molecular weight excluding hydrogens is 242 g/mol. The highest BCUT2D eigenvalue weighted by molar-refractivity contribution is 5.79. The van der Waals surface area contributed by atoms with Crippen molar-refractivity contribution in [1.29, 1.82) is 0 Å². The Morgan fingerprint density at radius 1 is 1.32 bits per heavy atom. The van der Waals surface area contributed by atoms with Crippen LogP contribution in [0.5, 0.6) is 5.75 Å². The summed E-state index contributed by atoms with van der Waals surface area (Å²) in [4.78, 5) is 13.2. The first kappa shape index (κ1) is 14.0. The molecule has 2 atom stereocenters. The first-order valence-corrected chi connectivity index (χ1v) is 6.74. The Hall–Kier alpha value is -1.39. The number of ether oxygens (including phenoxy) is 2. The quantitative estimate of drug-likeness (QED) is 0.762. The molecule has 1 aromatic rings. The van der Waals surface area contributed by atoms with E-state index >= 15 is 0 Å². The van der Waals surface area contributed by atoms with Gasteiger partial charge in [-0.3, -0.25) is 9.69 Å². The molecule has 1 aliphatic rings. The average Bonchev–Trinajstić information content (AvgIpc) is 2.38. The molecule has 1 aliphatic heterocycles. The topological polar surface area (TPSA) is 38.8 Å². The van der Waals surface area contributed by atoms with Gasteiger partial charge >= 0.3 is 0 Å². The smallest absolute Gasteiger partial charge is 0.153 e. The lowest BCUT2D eigenvalue weighted by molar-refractivity contribution is -0.0699. The van der Waals surface area contributed by atoms with Crippen LogP contribution in [0.1, 0.15) is 24.2 Å². The van der Waals surface area contributed by atoms with Gasteiger partial charge in [0.1, 0.15) is 12.4 Å². The molecule has 2 rings (SSSR count). The molecule has 1 saturated heterocycles. The lowest BCUT2D eigenvalue weighted by atomic mass is 10.2. The molecule has 1 aromatic carbocycles. The van der Waals surface area contributed by atoms with Crippen molar-refractivity contribution in [2.75, 3.05) is 26.2 Å². The fraction of sp³-hybridized carbons (Fsp3) is 0.533. The minimum absolute atomic E-state index is 0.269. The molecule has 4 nitrogen and oxygen atoms in total. The van der Waals surface area contributed by atoms with Crippen LogP contribution in [0.25, 0.3) is 0 Å². The number of morpholine rings is 1. The summed E-state index contributed by atoms with van der Waals surface area (Å²) in [6.45, 7) is 7.48. The number of hydrogen-bond donors (Lipinski definition) is 0. The average molecular weight is 263 g/mol. The largest absolute Gasteiger partial charge is 0.492 e. The summed E-state index contributed by atoms with van der Waals surface area (Å²) in [7, 11) is 0. The molecule has 0 saturated carbocycles. The highest BCUT2D eigenvalue weighted by atomic mass is 16.5. The first-order chi connectivity index (χ1) is 9.19. The van der Waals surface area contributed by atoms with Crippen LogP contribution < -0.4 is 4.74 Å². The van der Waals surface area contributed by atoms with E-state index in [9.17, 15) is 4.79 Å². The van der Waals surface area contributed by atoms with Crippen LogP contribution in [0.3, 0.4) is 0 Å². The van der Waals surface area contributed by atoms with Gasteiger partial charge in [0.2, 0.25) is 0 Å². The van der Waals surface area contributed by atoms with Crippen molar-refractivity contribution in [3.63, 3.8) is 0 Å². The van der Waals surface area contributed by atoms with Crippen molar-refractivity contribution in [3.8, 4) is 5.75 Å². The van der Waals surface area contributed by atoms with E-state index < -0.39 is 0 Å². The zero-order valence-corrected chi connectivity index (χ0v) is 11.5. The van der Waals surface area contributed by atoms with Crippen molar-refractivity contribution in [2.45, 2.75) is 26.1 Å². The first-order valence-electron chi connectivity index (χ1n) is 6.74. The van der Waals surface area contributed by atoms with Crippen LogP contribution in [0.15, 0.2) is 24.3 Å².